The van der Waals surface area contributed by atoms with Gasteiger partial charge in [-0.05, 0) is 12.5 Å². The number of benzene rings is 1. The molecule has 0 radical (unpaired) electrons. The lowest BCUT2D eigenvalue weighted by Crippen LogP contribution is -2.52. The molecule has 1 fully saturated rings. The molecule has 23 heavy (non-hydrogen) atoms. The van der Waals surface area contributed by atoms with E-state index < -0.39 is 24.7 Å². The fourth-order valence-corrected chi connectivity index (χ4v) is 2.33. The van der Waals surface area contributed by atoms with E-state index in [1.807, 2.05) is 0 Å². The van der Waals surface area contributed by atoms with Crippen molar-refractivity contribution in [3.63, 3.8) is 0 Å². The van der Waals surface area contributed by atoms with Gasteiger partial charge in [-0.2, -0.15) is 13.2 Å². The van der Waals surface area contributed by atoms with E-state index in [1.54, 1.807) is 19.1 Å². The molecule has 0 bridgehead atoms. The molecule has 2 amide bonds. The zero-order chi connectivity index (χ0) is 17.0. The van der Waals surface area contributed by atoms with Crippen molar-refractivity contribution in [3.8, 4) is 0 Å². The smallest absolute Gasteiger partial charge is 0.353 e. The summed E-state index contributed by atoms with van der Waals surface area (Å²) in [5.74, 6) is -0.836. The fourth-order valence-electron chi connectivity index (χ4n) is 2.33. The number of aryl methyl sites for hydroxylation is 1. The van der Waals surface area contributed by atoms with E-state index in [2.05, 4.69) is 10.6 Å². The number of carbonyl (C=O) groups excluding carboxylic acids is 2. The minimum absolute atomic E-state index is 0.0484. The van der Waals surface area contributed by atoms with Crippen molar-refractivity contribution < 1.29 is 22.8 Å². The lowest BCUT2D eigenvalue weighted by molar-refractivity contribution is -0.159. The molecule has 1 aliphatic heterocycles. The third-order valence-electron chi connectivity index (χ3n) is 3.59. The summed E-state index contributed by atoms with van der Waals surface area (Å²) in [4.78, 5) is 24.4. The number of alkyl halides is 3. The molecule has 8 heteroatoms. The first-order chi connectivity index (χ1) is 10.8. The van der Waals surface area contributed by atoms with Gasteiger partial charge < -0.3 is 10.2 Å². The van der Waals surface area contributed by atoms with Crippen LogP contribution in [0.25, 0.3) is 0 Å². The van der Waals surface area contributed by atoms with Crippen molar-refractivity contribution in [2.45, 2.75) is 19.1 Å². The van der Waals surface area contributed by atoms with Crippen molar-refractivity contribution in [1.82, 2.24) is 15.5 Å². The second-order valence-corrected chi connectivity index (χ2v) is 5.43. The molecular weight excluding hydrogens is 311 g/mol. The van der Waals surface area contributed by atoms with E-state index in [0.717, 1.165) is 5.56 Å². The molecule has 1 heterocycles. The van der Waals surface area contributed by atoms with Gasteiger partial charge in [0.2, 0.25) is 11.8 Å². The number of hydrogen-bond donors (Lipinski definition) is 2. The lowest BCUT2D eigenvalue weighted by Gasteiger charge is -2.28. The molecule has 2 N–H and O–H groups in total. The highest BCUT2D eigenvalue weighted by molar-refractivity contribution is 5.86. The summed E-state index contributed by atoms with van der Waals surface area (Å²) in [6.07, 6.45) is -4.52. The normalized spacial score (nSPS) is 16.9. The van der Waals surface area contributed by atoms with E-state index in [1.165, 1.54) is 17.0 Å². The van der Waals surface area contributed by atoms with Crippen LogP contribution in [0.5, 0.6) is 0 Å². The van der Waals surface area contributed by atoms with Gasteiger partial charge >= 0.3 is 6.18 Å². The lowest BCUT2D eigenvalue weighted by atomic mass is 10.0. The van der Waals surface area contributed by atoms with Crippen molar-refractivity contribution >= 4 is 11.8 Å². The summed E-state index contributed by atoms with van der Waals surface area (Å²) < 4.78 is 39.6. The Labute approximate surface area is 131 Å². The van der Waals surface area contributed by atoms with Crippen LogP contribution in [0.3, 0.4) is 0 Å². The minimum Gasteiger partial charge on any atom is -0.353 e. The minimum atomic E-state index is -4.52. The number of amides is 2. The van der Waals surface area contributed by atoms with Crippen LogP contribution in [0, 0.1) is 6.92 Å². The molecule has 0 aliphatic carbocycles. The first-order valence-corrected chi connectivity index (χ1v) is 7.18. The molecule has 2 rings (SSSR count). The summed E-state index contributed by atoms with van der Waals surface area (Å²) in [5.41, 5.74) is 0.900. The number of halogens is 3. The van der Waals surface area contributed by atoms with Crippen molar-refractivity contribution in [1.29, 1.82) is 0 Å². The maximum atomic E-state index is 13.2. The molecule has 1 atom stereocenters. The molecule has 1 aromatic rings. The molecule has 0 unspecified atom stereocenters. The van der Waals surface area contributed by atoms with Crippen molar-refractivity contribution in [3.05, 3.63) is 35.4 Å². The van der Waals surface area contributed by atoms with E-state index in [4.69, 9.17) is 0 Å². The van der Waals surface area contributed by atoms with E-state index in [9.17, 15) is 22.8 Å². The second-order valence-electron chi connectivity index (χ2n) is 5.43. The van der Waals surface area contributed by atoms with Crippen LogP contribution in [-0.2, 0) is 9.59 Å². The van der Waals surface area contributed by atoms with Gasteiger partial charge in [0, 0.05) is 13.1 Å². The molecule has 1 aliphatic rings. The molecule has 1 aromatic carbocycles. The summed E-state index contributed by atoms with van der Waals surface area (Å²) >= 11 is 0. The molecule has 126 valence electrons. The fraction of sp³-hybridized carbons (Fsp3) is 0.467. The Morgan fingerprint density at radius 3 is 2.57 bits per heavy atom. The Morgan fingerprint density at radius 2 is 2.00 bits per heavy atom. The van der Waals surface area contributed by atoms with Crippen molar-refractivity contribution in [2.75, 3.05) is 26.2 Å². The maximum absolute atomic E-state index is 13.2. The van der Waals surface area contributed by atoms with Crippen LogP contribution in [0.2, 0.25) is 0 Å². The molecular formula is C15H18F3N3O2. The Morgan fingerprint density at radius 1 is 1.35 bits per heavy atom. The number of piperazine rings is 1. The number of hydrogen-bond acceptors (Lipinski definition) is 3. The van der Waals surface area contributed by atoms with Crippen molar-refractivity contribution in [2.24, 2.45) is 0 Å². The average molecular weight is 329 g/mol. The predicted molar refractivity (Wildman–Crippen MR) is 77.6 cm³/mol. The van der Waals surface area contributed by atoms with Gasteiger partial charge in [0.1, 0.15) is 6.04 Å². The van der Waals surface area contributed by atoms with E-state index >= 15 is 0 Å². The van der Waals surface area contributed by atoms with Gasteiger partial charge in [0.15, 0.2) is 0 Å². The molecule has 5 nitrogen and oxygen atoms in total. The summed E-state index contributed by atoms with van der Waals surface area (Å²) in [7, 11) is 0. The third-order valence-corrected chi connectivity index (χ3v) is 3.59. The SMILES string of the molecule is Cc1ccc([C@H](NCC(=O)N2CCNC(=O)C2)C(F)(F)F)cc1. The Kier molecular flexibility index (Phi) is 5.25. The zero-order valence-electron chi connectivity index (χ0n) is 12.6. The Hall–Kier alpha value is -2.09. The van der Waals surface area contributed by atoms with Gasteiger partial charge in [0.05, 0.1) is 13.1 Å². The van der Waals surface area contributed by atoms with Crippen LogP contribution in [0.15, 0.2) is 24.3 Å². The third kappa shape index (κ3) is 4.69. The zero-order valence-corrected chi connectivity index (χ0v) is 12.6. The van der Waals surface area contributed by atoms with Gasteiger partial charge in [-0.1, -0.05) is 29.8 Å². The second kappa shape index (κ2) is 6.99. The number of carbonyl (C=O) groups is 2. The monoisotopic (exact) mass is 329 g/mol. The number of rotatable bonds is 4. The highest BCUT2D eigenvalue weighted by atomic mass is 19.4. The predicted octanol–water partition coefficient (Wildman–Crippen LogP) is 1.15. The van der Waals surface area contributed by atoms with E-state index in [0.29, 0.717) is 13.1 Å². The first-order valence-electron chi connectivity index (χ1n) is 7.18. The largest absolute Gasteiger partial charge is 0.407 e. The van der Waals surface area contributed by atoms with Gasteiger partial charge in [-0.25, -0.2) is 0 Å². The van der Waals surface area contributed by atoms with Crippen LogP contribution in [0.1, 0.15) is 17.2 Å². The van der Waals surface area contributed by atoms with Crippen LogP contribution in [0.4, 0.5) is 13.2 Å². The van der Waals surface area contributed by atoms with E-state index in [-0.39, 0.29) is 18.0 Å². The quantitative estimate of drug-likeness (QED) is 0.871. The number of nitrogens with zero attached hydrogens (tertiary/aromatic N) is 1. The Bertz CT molecular complexity index is 572. The van der Waals surface area contributed by atoms with Gasteiger partial charge in [-0.3, -0.25) is 14.9 Å². The topological polar surface area (TPSA) is 61.4 Å². The first kappa shape index (κ1) is 17.3. The van der Waals surface area contributed by atoms with Gasteiger partial charge in [-0.15, -0.1) is 0 Å². The van der Waals surface area contributed by atoms with Gasteiger partial charge in [0.25, 0.3) is 0 Å². The molecule has 0 spiro atoms. The Balaban J connectivity index is 2.02. The van der Waals surface area contributed by atoms with Crippen LogP contribution in [-0.4, -0.2) is 49.1 Å². The highest BCUT2D eigenvalue weighted by Gasteiger charge is 2.41. The van der Waals surface area contributed by atoms with Crippen LogP contribution >= 0.6 is 0 Å². The molecule has 0 aromatic heterocycles. The number of nitrogens with one attached hydrogen (secondary N) is 2. The maximum Gasteiger partial charge on any atom is 0.407 e. The molecule has 0 saturated carbocycles. The standard InChI is InChI=1S/C15H18F3N3O2/c1-10-2-4-11(5-3-10)14(15(16,17)18)20-8-13(23)21-7-6-19-12(22)9-21/h2-5,14,20H,6-9H2,1H3,(H,19,22)/t14-/m0/s1. The summed E-state index contributed by atoms with van der Waals surface area (Å²) in [6, 6.07) is 4.03. The average Bonchev–Trinajstić information content (AvgIpc) is 2.47. The summed E-state index contributed by atoms with van der Waals surface area (Å²) in [6.45, 7) is 1.79. The summed E-state index contributed by atoms with van der Waals surface area (Å²) in [5, 5.41) is 4.81. The van der Waals surface area contributed by atoms with Crippen LogP contribution < -0.4 is 10.6 Å². The highest BCUT2D eigenvalue weighted by Crippen LogP contribution is 2.32. The molecule has 1 saturated heterocycles.